The first-order valence-electron chi connectivity index (χ1n) is 10.1. The van der Waals surface area contributed by atoms with E-state index in [1.54, 1.807) is 26.4 Å². The topological polar surface area (TPSA) is 63.2 Å². The Balaban J connectivity index is 1.46. The first kappa shape index (κ1) is 22.2. The molecule has 3 aromatic carbocycles. The summed E-state index contributed by atoms with van der Waals surface area (Å²) in [5.74, 6) is 1.52. The van der Waals surface area contributed by atoms with E-state index in [4.69, 9.17) is 23.7 Å². The average molecular weight is 499 g/mol. The highest BCUT2D eigenvalue weighted by Gasteiger charge is 2.25. The van der Waals surface area contributed by atoms with Gasteiger partial charge in [-0.05, 0) is 29.8 Å². The van der Waals surface area contributed by atoms with Crippen LogP contribution < -0.4 is 14.2 Å². The molecule has 6 nitrogen and oxygen atoms in total. The summed E-state index contributed by atoms with van der Waals surface area (Å²) in [4.78, 5) is 12.5. The number of halogens is 1. The summed E-state index contributed by atoms with van der Waals surface area (Å²) >= 11 is 3.51. The minimum Gasteiger partial charge on any atom is -0.493 e. The molecule has 1 aliphatic rings. The number of ether oxygens (including phenoxy) is 5. The van der Waals surface area contributed by atoms with Gasteiger partial charge in [0.25, 0.3) is 0 Å². The summed E-state index contributed by atoms with van der Waals surface area (Å²) in [7, 11) is 3.13. The SMILES string of the molecule is COc1ccc(CC(=O)OCc2cc(Br)cc3c2O[C@@H](c2ccccc2)OC3)cc1OC. The zero-order chi connectivity index (χ0) is 22.5. The molecular formula is C25H23BrO6. The molecule has 0 saturated heterocycles. The fourth-order valence-electron chi connectivity index (χ4n) is 3.53. The maximum atomic E-state index is 12.5. The maximum absolute atomic E-state index is 12.5. The molecule has 166 valence electrons. The van der Waals surface area contributed by atoms with Crippen molar-refractivity contribution in [3.8, 4) is 17.2 Å². The minimum atomic E-state index is -0.508. The third-order valence-corrected chi connectivity index (χ3v) is 5.54. The lowest BCUT2D eigenvalue weighted by Gasteiger charge is -2.28. The van der Waals surface area contributed by atoms with Crippen LogP contribution in [0.1, 0.15) is 28.5 Å². The van der Waals surface area contributed by atoms with E-state index in [2.05, 4.69) is 15.9 Å². The van der Waals surface area contributed by atoms with Gasteiger partial charge < -0.3 is 23.7 Å². The van der Waals surface area contributed by atoms with Crippen molar-refractivity contribution in [3.05, 3.63) is 87.4 Å². The first-order chi connectivity index (χ1) is 15.6. The number of carbonyl (C=O) groups is 1. The van der Waals surface area contributed by atoms with Gasteiger partial charge in [0.05, 0.1) is 27.2 Å². The molecule has 0 amide bonds. The van der Waals surface area contributed by atoms with Crippen LogP contribution in [0.3, 0.4) is 0 Å². The van der Waals surface area contributed by atoms with Crippen LogP contribution in [0.4, 0.5) is 0 Å². The number of hydrogen-bond donors (Lipinski definition) is 0. The molecule has 0 unspecified atom stereocenters. The molecule has 0 saturated carbocycles. The summed E-state index contributed by atoms with van der Waals surface area (Å²) in [5, 5.41) is 0. The van der Waals surface area contributed by atoms with E-state index in [1.807, 2.05) is 48.5 Å². The lowest BCUT2D eigenvalue weighted by atomic mass is 10.1. The monoisotopic (exact) mass is 498 g/mol. The van der Waals surface area contributed by atoms with Crippen molar-refractivity contribution in [1.29, 1.82) is 0 Å². The lowest BCUT2D eigenvalue weighted by Crippen LogP contribution is -2.19. The molecule has 0 spiro atoms. The van der Waals surface area contributed by atoms with Crippen molar-refractivity contribution in [3.63, 3.8) is 0 Å². The average Bonchev–Trinajstić information content (AvgIpc) is 2.82. The molecule has 0 N–H and O–H groups in total. The van der Waals surface area contributed by atoms with E-state index in [0.717, 1.165) is 26.7 Å². The Hall–Kier alpha value is -3.03. The molecule has 32 heavy (non-hydrogen) atoms. The number of carbonyl (C=O) groups excluding carboxylic acids is 1. The molecule has 0 radical (unpaired) electrons. The van der Waals surface area contributed by atoms with Gasteiger partial charge in [0.15, 0.2) is 11.5 Å². The van der Waals surface area contributed by atoms with Crippen LogP contribution in [0.5, 0.6) is 17.2 Å². The van der Waals surface area contributed by atoms with E-state index >= 15 is 0 Å². The Labute approximate surface area is 195 Å². The molecule has 0 aliphatic carbocycles. The van der Waals surface area contributed by atoms with Crippen LogP contribution in [0.25, 0.3) is 0 Å². The highest BCUT2D eigenvalue weighted by atomic mass is 79.9. The Morgan fingerprint density at radius 2 is 1.81 bits per heavy atom. The molecule has 4 rings (SSSR count). The normalized spacial score (nSPS) is 14.8. The predicted molar refractivity (Wildman–Crippen MR) is 122 cm³/mol. The summed E-state index contributed by atoms with van der Waals surface area (Å²) in [6.45, 7) is 0.496. The zero-order valence-corrected chi connectivity index (χ0v) is 19.4. The lowest BCUT2D eigenvalue weighted by molar-refractivity contribution is -0.144. The minimum absolute atomic E-state index is 0.0927. The Bertz CT molecular complexity index is 1100. The number of rotatable bonds is 7. The predicted octanol–water partition coefficient (Wildman–Crippen LogP) is 5.36. The molecule has 1 heterocycles. The van der Waals surface area contributed by atoms with Crippen molar-refractivity contribution in [2.24, 2.45) is 0 Å². The van der Waals surface area contributed by atoms with Gasteiger partial charge >= 0.3 is 5.97 Å². The van der Waals surface area contributed by atoms with Gasteiger partial charge in [0.1, 0.15) is 12.4 Å². The molecule has 0 bridgehead atoms. The first-order valence-corrected chi connectivity index (χ1v) is 10.9. The van der Waals surface area contributed by atoms with Gasteiger partial charge in [0.2, 0.25) is 6.29 Å². The van der Waals surface area contributed by atoms with Crippen LogP contribution in [0.15, 0.2) is 65.1 Å². The summed E-state index contributed by atoms with van der Waals surface area (Å²) < 4.78 is 29.0. The van der Waals surface area contributed by atoms with Crippen molar-refractivity contribution in [2.45, 2.75) is 25.9 Å². The highest BCUT2D eigenvalue weighted by molar-refractivity contribution is 9.10. The van der Waals surface area contributed by atoms with Gasteiger partial charge in [-0.25, -0.2) is 0 Å². The second kappa shape index (κ2) is 10.1. The quantitative estimate of drug-likeness (QED) is 0.408. The van der Waals surface area contributed by atoms with E-state index in [1.165, 1.54) is 0 Å². The van der Waals surface area contributed by atoms with Gasteiger partial charge in [-0.2, -0.15) is 0 Å². The van der Waals surface area contributed by atoms with Crippen LogP contribution in [-0.4, -0.2) is 20.2 Å². The van der Waals surface area contributed by atoms with E-state index in [9.17, 15) is 4.79 Å². The van der Waals surface area contributed by atoms with E-state index in [0.29, 0.717) is 23.9 Å². The second-order valence-electron chi connectivity index (χ2n) is 7.25. The van der Waals surface area contributed by atoms with Crippen LogP contribution >= 0.6 is 15.9 Å². The van der Waals surface area contributed by atoms with E-state index < -0.39 is 6.29 Å². The molecular weight excluding hydrogens is 476 g/mol. The van der Waals surface area contributed by atoms with Crippen molar-refractivity contribution in [1.82, 2.24) is 0 Å². The highest BCUT2D eigenvalue weighted by Crippen LogP contribution is 2.38. The molecule has 1 atom stereocenters. The molecule has 0 aromatic heterocycles. The second-order valence-corrected chi connectivity index (χ2v) is 8.17. The Morgan fingerprint density at radius 3 is 2.56 bits per heavy atom. The zero-order valence-electron chi connectivity index (χ0n) is 17.8. The molecule has 7 heteroatoms. The number of benzene rings is 3. The third kappa shape index (κ3) is 5.06. The summed E-state index contributed by atoms with van der Waals surface area (Å²) in [6, 6.07) is 18.9. The number of hydrogen-bond acceptors (Lipinski definition) is 6. The Kier molecular flexibility index (Phi) is 6.97. The largest absolute Gasteiger partial charge is 0.493 e. The Morgan fingerprint density at radius 1 is 1.03 bits per heavy atom. The van der Waals surface area contributed by atoms with Gasteiger partial charge in [-0.15, -0.1) is 0 Å². The maximum Gasteiger partial charge on any atom is 0.310 e. The number of fused-ring (bicyclic) bond motifs is 1. The number of methoxy groups -OCH3 is 2. The van der Waals surface area contributed by atoms with E-state index in [-0.39, 0.29) is 19.0 Å². The summed E-state index contributed by atoms with van der Waals surface area (Å²) in [5.41, 5.74) is 3.38. The molecule has 1 aliphatic heterocycles. The van der Waals surface area contributed by atoms with Crippen LogP contribution in [0, 0.1) is 0 Å². The van der Waals surface area contributed by atoms with Crippen molar-refractivity contribution in [2.75, 3.05) is 14.2 Å². The van der Waals surface area contributed by atoms with Gasteiger partial charge in [0, 0.05) is 21.2 Å². The van der Waals surface area contributed by atoms with Crippen molar-refractivity contribution < 1.29 is 28.5 Å². The number of esters is 1. The van der Waals surface area contributed by atoms with Gasteiger partial charge in [-0.3, -0.25) is 4.79 Å². The van der Waals surface area contributed by atoms with Crippen LogP contribution in [-0.2, 0) is 33.9 Å². The summed E-state index contributed by atoms with van der Waals surface area (Å²) in [6.07, 6.45) is -0.390. The van der Waals surface area contributed by atoms with Crippen molar-refractivity contribution >= 4 is 21.9 Å². The molecule has 3 aromatic rings. The fraction of sp³-hybridized carbons (Fsp3) is 0.240. The molecule has 0 fully saturated rings. The van der Waals surface area contributed by atoms with Gasteiger partial charge in [-0.1, -0.05) is 52.3 Å². The smallest absolute Gasteiger partial charge is 0.310 e. The third-order valence-electron chi connectivity index (χ3n) is 5.08. The van der Waals surface area contributed by atoms with Crippen LogP contribution in [0.2, 0.25) is 0 Å². The fourth-order valence-corrected chi connectivity index (χ4v) is 4.08. The standard InChI is InChI=1S/C25H23BrO6/c1-28-21-9-8-16(10-22(21)29-2)11-23(27)30-14-18-12-20(26)13-19-15-31-25(32-24(18)19)17-6-4-3-5-7-17/h3-10,12-13,25H,11,14-15H2,1-2H3/t25-/m0/s1.